The number of hydrogen-bond acceptors (Lipinski definition) is 2. The maximum absolute atomic E-state index is 12.9. The van der Waals surface area contributed by atoms with Crippen molar-refractivity contribution in [1.29, 1.82) is 0 Å². The van der Waals surface area contributed by atoms with Crippen LogP contribution < -0.4 is 5.32 Å². The Kier molecular flexibility index (Phi) is 4.48. The third kappa shape index (κ3) is 3.98. The number of amides is 1. The molecule has 2 N–H and O–H groups in total. The van der Waals surface area contributed by atoms with Gasteiger partial charge in [0.25, 0.3) is 5.91 Å². The molecule has 5 heteroatoms. The molecule has 0 bridgehead atoms. The average Bonchev–Trinajstić information content (AvgIpc) is 2.30. The Hall–Kier alpha value is -1.13. The minimum Gasteiger partial charge on any atom is -0.396 e. The van der Waals surface area contributed by atoms with Gasteiger partial charge in [0.2, 0.25) is 0 Å². The molecule has 0 heterocycles. The van der Waals surface area contributed by atoms with Crippen LogP contribution in [0.25, 0.3) is 0 Å². The summed E-state index contributed by atoms with van der Waals surface area (Å²) in [6, 6.07) is 3.79. The van der Waals surface area contributed by atoms with Gasteiger partial charge >= 0.3 is 0 Å². The summed E-state index contributed by atoms with van der Waals surface area (Å²) in [6.07, 6.45) is 0. The Labute approximate surface area is 105 Å². The van der Waals surface area contributed by atoms with E-state index in [0.29, 0.717) is 12.1 Å². The lowest BCUT2D eigenvalue weighted by atomic mass is 9.95. The topological polar surface area (TPSA) is 49.3 Å². The van der Waals surface area contributed by atoms with Crippen molar-refractivity contribution in [3.05, 3.63) is 34.6 Å². The number of halogens is 2. The van der Waals surface area contributed by atoms with Gasteiger partial charge in [-0.25, -0.2) is 4.39 Å². The van der Waals surface area contributed by atoms with E-state index in [1.807, 2.05) is 13.8 Å². The Morgan fingerprint density at radius 2 is 2.18 bits per heavy atom. The summed E-state index contributed by atoms with van der Waals surface area (Å²) in [5, 5.41) is 11.6. The first-order valence-corrected chi connectivity index (χ1v) is 5.57. The van der Waals surface area contributed by atoms with Crippen molar-refractivity contribution in [1.82, 2.24) is 5.32 Å². The van der Waals surface area contributed by atoms with Gasteiger partial charge in [0.1, 0.15) is 5.82 Å². The first-order valence-electron chi connectivity index (χ1n) is 5.20. The minimum absolute atomic E-state index is 0.0303. The fraction of sp³-hybridized carbons (Fsp3) is 0.417. The zero-order chi connectivity index (χ0) is 13.1. The van der Waals surface area contributed by atoms with Crippen LogP contribution >= 0.6 is 11.6 Å². The van der Waals surface area contributed by atoms with Gasteiger partial charge < -0.3 is 10.4 Å². The minimum atomic E-state index is -0.557. The summed E-state index contributed by atoms with van der Waals surface area (Å²) in [5.41, 5.74) is -0.0930. The second kappa shape index (κ2) is 5.47. The van der Waals surface area contributed by atoms with Gasteiger partial charge in [-0.05, 0) is 18.2 Å². The van der Waals surface area contributed by atoms with Crippen molar-refractivity contribution in [2.75, 3.05) is 13.2 Å². The summed E-state index contributed by atoms with van der Waals surface area (Å²) in [4.78, 5) is 11.7. The summed E-state index contributed by atoms with van der Waals surface area (Å²) in [7, 11) is 0. The quantitative estimate of drug-likeness (QED) is 0.871. The second-order valence-electron chi connectivity index (χ2n) is 4.63. The molecule has 0 spiro atoms. The Bertz CT molecular complexity index is 421. The highest BCUT2D eigenvalue weighted by molar-refractivity contribution is 6.31. The number of rotatable bonds is 4. The van der Waals surface area contributed by atoms with E-state index in [0.717, 1.165) is 6.07 Å². The van der Waals surface area contributed by atoms with Gasteiger partial charge in [-0.15, -0.1) is 0 Å². The highest BCUT2D eigenvalue weighted by Crippen LogP contribution is 2.16. The fourth-order valence-electron chi connectivity index (χ4n) is 1.11. The highest BCUT2D eigenvalue weighted by Gasteiger charge is 2.18. The van der Waals surface area contributed by atoms with Crippen LogP contribution in [-0.2, 0) is 0 Å². The zero-order valence-corrected chi connectivity index (χ0v) is 10.5. The molecule has 0 unspecified atom stereocenters. The maximum Gasteiger partial charge on any atom is 0.251 e. The smallest absolute Gasteiger partial charge is 0.251 e. The third-order valence-corrected chi connectivity index (χ3v) is 2.63. The van der Waals surface area contributed by atoms with Crippen LogP contribution in [0.1, 0.15) is 24.2 Å². The summed E-state index contributed by atoms with van der Waals surface area (Å²) in [5.74, 6) is -0.896. The molecular weight excluding hydrogens is 245 g/mol. The maximum atomic E-state index is 12.9. The molecule has 1 rings (SSSR count). The lowest BCUT2D eigenvalue weighted by molar-refractivity contribution is 0.0911. The average molecular weight is 260 g/mol. The Morgan fingerprint density at radius 1 is 1.53 bits per heavy atom. The molecule has 0 saturated carbocycles. The van der Waals surface area contributed by atoms with E-state index < -0.39 is 5.82 Å². The van der Waals surface area contributed by atoms with Crippen LogP contribution in [0, 0.1) is 11.2 Å². The predicted octanol–water partition coefficient (Wildman–Crippen LogP) is 2.23. The molecule has 0 aliphatic carbocycles. The lowest BCUT2D eigenvalue weighted by Crippen LogP contribution is -2.36. The molecule has 1 aromatic carbocycles. The van der Waals surface area contributed by atoms with Crippen LogP contribution in [0.4, 0.5) is 4.39 Å². The number of carbonyl (C=O) groups is 1. The van der Waals surface area contributed by atoms with Crippen LogP contribution in [-0.4, -0.2) is 24.2 Å². The fourth-order valence-corrected chi connectivity index (χ4v) is 1.30. The van der Waals surface area contributed by atoms with E-state index in [2.05, 4.69) is 5.32 Å². The molecule has 0 radical (unpaired) electrons. The molecule has 1 aromatic rings. The van der Waals surface area contributed by atoms with Crippen molar-refractivity contribution in [3.63, 3.8) is 0 Å². The van der Waals surface area contributed by atoms with E-state index in [4.69, 9.17) is 16.7 Å². The monoisotopic (exact) mass is 259 g/mol. The molecule has 0 aromatic heterocycles. The number of aliphatic hydroxyl groups is 1. The van der Waals surface area contributed by atoms with Crippen LogP contribution in [0.5, 0.6) is 0 Å². The summed E-state index contributed by atoms with van der Waals surface area (Å²) < 4.78 is 12.9. The van der Waals surface area contributed by atoms with Crippen molar-refractivity contribution in [2.45, 2.75) is 13.8 Å². The Balaban J connectivity index is 2.68. The molecule has 0 saturated heterocycles. The van der Waals surface area contributed by atoms with Crippen LogP contribution in [0.15, 0.2) is 18.2 Å². The molecule has 0 atom stereocenters. The van der Waals surface area contributed by atoms with E-state index in [9.17, 15) is 9.18 Å². The SMILES string of the molecule is CC(C)(CO)CNC(=O)c1ccc(F)c(Cl)c1. The summed E-state index contributed by atoms with van der Waals surface area (Å²) in [6.45, 7) is 3.95. The highest BCUT2D eigenvalue weighted by atomic mass is 35.5. The zero-order valence-electron chi connectivity index (χ0n) is 9.76. The predicted molar refractivity (Wildman–Crippen MR) is 64.6 cm³/mol. The van der Waals surface area contributed by atoms with E-state index in [-0.39, 0.29) is 23.0 Å². The van der Waals surface area contributed by atoms with Gasteiger partial charge in [-0.3, -0.25) is 4.79 Å². The molecule has 0 fully saturated rings. The van der Waals surface area contributed by atoms with Gasteiger partial charge in [-0.1, -0.05) is 25.4 Å². The van der Waals surface area contributed by atoms with Crippen molar-refractivity contribution in [3.8, 4) is 0 Å². The van der Waals surface area contributed by atoms with E-state index in [1.165, 1.54) is 12.1 Å². The number of aliphatic hydroxyl groups excluding tert-OH is 1. The molecule has 0 aliphatic heterocycles. The largest absolute Gasteiger partial charge is 0.396 e. The lowest BCUT2D eigenvalue weighted by Gasteiger charge is -2.21. The number of nitrogens with one attached hydrogen (secondary N) is 1. The summed E-state index contributed by atoms with van der Waals surface area (Å²) >= 11 is 5.58. The molecular formula is C12H15ClFNO2. The van der Waals surface area contributed by atoms with Gasteiger partial charge in [0.15, 0.2) is 0 Å². The second-order valence-corrected chi connectivity index (χ2v) is 5.04. The molecule has 1 amide bonds. The standard InChI is InChI=1S/C12H15ClFNO2/c1-12(2,7-16)6-15-11(17)8-3-4-10(14)9(13)5-8/h3-5,16H,6-7H2,1-2H3,(H,15,17). The van der Waals surface area contributed by atoms with Crippen LogP contribution in [0.3, 0.4) is 0 Å². The first-order chi connectivity index (χ1) is 7.85. The van der Waals surface area contributed by atoms with Crippen molar-refractivity contribution < 1.29 is 14.3 Å². The van der Waals surface area contributed by atoms with Crippen LogP contribution in [0.2, 0.25) is 5.02 Å². The number of carbonyl (C=O) groups excluding carboxylic acids is 1. The molecule has 94 valence electrons. The van der Waals surface area contributed by atoms with E-state index in [1.54, 1.807) is 0 Å². The number of hydrogen-bond donors (Lipinski definition) is 2. The van der Waals surface area contributed by atoms with Gasteiger partial charge in [0, 0.05) is 24.1 Å². The first kappa shape index (κ1) is 13.9. The third-order valence-electron chi connectivity index (χ3n) is 2.34. The molecule has 3 nitrogen and oxygen atoms in total. The molecule has 17 heavy (non-hydrogen) atoms. The van der Waals surface area contributed by atoms with Gasteiger partial charge in [0.05, 0.1) is 5.02 Å². The number of benzene rings is 1. The van der Waals surface area contributed by atoms with Gasteiger partial charge in [-0.2, -0.15) is 0 Å². The Morgan fingerprint density at radius 3 is 2.71 bits per heavy atom. The normalized spacial score (nSPS) is 11.4. The van der Waals surface area contributed by atoms with Crippen molar-refractivity contribution in [2.24, 2.45) is 5.41 Å². The van der Waals surface area contributed by atoms with Crippen molar-refractivity contribution >= 4 is 17.5 Å². The molecule has 0 aliphatic rings. The van der Waals surface area contributed by atoms with E-state index >= 15 is 0 Å².